The van der Waals surface area contributed by atoms with Crippen LogP contribution in [0.3, 0.4) is 0 Å². The first-order valence-electron chi connectivity index (χ1n) is 3.41. The molecule has 0 atom stereocenters. The maximum absolute atomic E-state index is 3.86. The molecule has 1 aliphatic heterocycles. The van der Waals surface area contributed by atoms with Crippen LogP contribution in [0.1, 0.15) is 12.8 Å². The van der Waals surface area contributed by atoms with E-state index in [1.165, 1.54) is 25.9 Å². The highest BCUT2D eigenvalue weighted by molar-refractivity contribution is 5.10. The predicted molar refractivity (Wildman–Crippen MR) is 40.1 cm³/mol. The van der Waals surface area contributed by atoms with Gasteiger partial charge in [-0.2, -0.15) is 0 Å². The number of allylic oxidation sites excluding steroid dienone is 1. The molecular formula is C8H13N. The molecule has 1 saturated heterocycles. The summed E-state index contributed by atoms with van der Waals surface area (Å²) in [5.41, 5.74) is 1.08. The monoisotopic (exact) mass is 123 g/mol. The van der Waals surface area contributed by atoms with Crippen molar-refractivity contribution in [2.45, 2.75) is 12.8 Å². The molecule has 0 spiro atoms. The van der Waals surface area contributed by atoms with Crippen LogP contribution in [0.15, 0.2) is 24.9 Å². The maximum atomic E-state index is 3.86. The van der Waals surface area contributed by atoms with E-state index in [2.05, 4.69) is 18.1 Å². The van der Waals surface area contributed by atoms with Crippen molar-refractivity contribution >= 4 is 0 Å². The fourth-order valence-corrected chi connectivity index (χ4v) is 1.13. The lowest BCUT2D eigenvalue weighted by Crippen LogP contribution is -2.15. The minimum absolute atomic E-state index is 1.08. The molecule has 1 heteroatoms. The summed E-state index contributed by atoms with van der Waals surface area (Å²) >= 11 is 0. The maximum Gasteiger partial charge on any atom is 0.0287 e. The largest absolute Gasteiger partial charge is 0.372 e. The van der Waals surface area contributed by atoms with Crippen LogP contribution in [0, 0.1) is 0 Å². The molecule has 1 nitrogen and oxygen atoms in total. The molecule has 1 aliphatic rings. The number of nitrogens with zero attached hydrogens (tertiary/aromatic N) is 1. The Labute approximate surface area is 56.7 Å². The fourth-order valence-electron chi connectivity index (χ4n) is 1.13. The van der Waals surface area contributed by atoms with Gasteiger partial charge in [-0.15, -0.1) is 0 Å². The van der Waals surface area contributed by atoms with E-state index >= 15 is 0 Å². The van der Waals surface area contributed by atoms with Crippen molar-refractivity contribution in [3.05, 3.63) is 24.9 Å². The average molecular weight is 123 g/mol. The van der Waals surface area contributed by atoms with Gasteiger partial charge in [0.05, 0.1) is 0 Å². The van der Waals surface area contributed by atoms with Crippen LogP contribution >= 0.6 is 0 Å². The van der Waals surface area contributed by atoms with Crippen LogP contribution in [-0.4, -0.2) is 18.0 Å². The van der Waals surface area contributed by atoms with Gasteiger partial charge in [0.25, 0.3) is 0 Å². The molecule has 50 valence electrons. The summed E-state index contributed by atoms with van der Waals surface area (Å²) in [4.78, 5) is 2.27. The smallest absolute Gasteiger partial charge is 0.0287 e. The van der Waals surface area contributed by atoms with Crippen molar-refractivity contribution < 1.29 is 0 Å². The molecule has 0 bridgehead atoms. The molecular weight excluding hydrogens is 110 g/mol. The number of hydrogen-bond acceptors (Lipinski definition) is 1. The van der Waals surface area contributed by atoms with Gasteiger partial charge < -0.3 is 4.90 Å². The van der Waals surface area contributed by atoms with Gasteiger partial charge in [-0.25, -0.2) is 0 Å². The van der Waals surface area contributed by atoms with Crippen molar-refractivity contribution in [1.82, 2.24) is 4.90 Å². The third kappa shape index (κ3) is 1.35. The molecule has 9 heavy (non-hydrogen) atoms. The molecule has 0 N–H and O–H groups in total. The van der Waals surface area contributed by atoms with Crippen LogP contribution in [0.2, 0.25) is 0 Å². The second-order valence-electron chi connectivity index (χ2n) is 2.39. The molecule has 0 amide bonds. The van der Waals surface area contributed by atoms with Crippen LogP contribution in [0.5, 0.6) is 0 Å². The minimum atomic E-state index is 1.08. The lowest BCUT2D eigenvalue weighted by atomic mass is 10.4. The van der Waals surface area contributed by atoms with Gasteiger partial charge in [-0.1, -0.05) is 13.2 Å². The Morgan fingerprint density at radius 1 is 1.33 bits per heavy atom. The van der Waals surface area contributed by atoms with E-state index in [9.17, 15) is 0 Å². The van der Waals surface area contributed by atoms with E-state index in [-0.39, 0.29) is 0 Å². The second-order valence-corrected chi connectivity index (χ2v) is 2.39. The fraction of sp³-hybridized carbons (Fsp3) is 0.500. The molecule has 1 rings (SSSR count). The normalized spacial score (nSPS) is 18.0. The van der Waals surface area contributed by atoms with Crippen molar-refractivity contribution in [3.8, 4) is 0 Å². The zero-order valence-electron chi connectivity index (χ0n) is 5.77. The summed E-state index contributed by atoms with van der Waals surface area (Å²) in [6.45, 7) is 9.87. The lowest BCUT2D eigenvalue weighted by molar-refractivity contribution is 0.442. The third-order valence-corrected chi connectivity index (χ3v) is 1.75. The van der Waals surface area contributed by atoms with Crippen LogP contribution in [0.4, 0.5) is 0 Å². The topological polar surface area (TPSA) is 3.24 Å². The zero-order chi connectivity index (χ0) is 6.69. The molecule has 1 heterocycles. The summed E-state index contributed by atoms with van der Waals surface area (Å²) in [5.74, 6) is 0. The molecule has 0 saturated carbocycles. The van der Waals surface area contributed by atoms with E-state index in [4.69, 9.17) is 0 Å². The Hall–Kier alpha value is -0.720. The van der Waals surface area contributed by atoms with Crippen LogP contribution < -0.4 is 0 Å². The molecule has 0 unspecified atom stereocenters. The first-order valence-corrected chi connectivity index (χ1v) is 3.41. The SMILES string of the molecule is C=CC(=C)N1CCCC1. The molecule has 1 fully saturated rings. The average Bonchev–Trinajstić information content (AvgIpc) is 2.37. The van der Waals surface area contributed by atoms with Crippen molar-refractivity contribution in [2.75, 3.05) is 13.1 Å². The quantitative estimate of drug-likeness (QED) is 0.506. The van der Waals surface area contributed by atoms with E-state index in [0.717, 1.165) is 5.70 Å². The second kappa shape index (κ2) is 2.72. The standard InChI is InChI=1S/C8H13N/c1-3-8(2)9-6-4-5-7-9/h3H,1-2,4-7H2. The molecule has 0 aromatic carbocycles. The Morgan fingerprint density at radius 2 is 1.89 bits per heavy atom. The Balaban J connectivity index is 2.41. The molecule has 0 radical (unpaired) electrons. The van der Waals surface area contributed by atoms with E-state index in [0.29, 0.717) is 0 Å². The summed E-state index contributed by atoms with van der Waals surface area (Å²) < 4.78 is 0. The Morgan fingerprint density at radius 3 is 2.33 bits per heavy atom. The summed E-state index contributed by atoms with van der Waals surface area (Å²) in [6.07, 6.45) is 4.45. The van der Waals surface area contributed by atoms with Crippen LogP contribution in [-0.2, 0) is 0 Å². The third-order valence-electron chi connectivity index (χ3n) is 1.75. The van der Waals surface area contributed by atoms with Gasteiger partial charge in [0.2, 0.25) is 0 Å². The van der Waals surface area contributed by atoms with Crippen LogP contribution in [0.25, 0.3) is 0 Å². The highest BCUT2D eigenvalue weighted by Gasteiger charge is 2.09. The Kier molecular flexibility index (Phi) is 1.93. The highest BCUT2D eigenvalue weighted by atomic mass is 15.1. The van der Waals surface area contributed by atoms with Gasteiger partial charge in [0, 0.05) is 18.8 Å². The summed E-state index contributed by atoms with van der Waals surface area (Å²) in [6, 6.07) is 0. The van der Waals surface area contributed by atoms with Gasteiger partial charge in [0.1, 0.15) is 0 Å². The first kappa shape index (κ1) is 6.40. The first-order chi connectivity index (χ1) is 4.34. The predicted octanol–water partition coefficient (Wildman–Crippen LogP) is 1.78. The van der Waals surface area contributed by atoms with Gasteiger partial charge in [-0.3, -0.25) is 0 Å². The van der Waals surface area contributed by atoms with E-state index < -0.39 is 0 Å². The van der Waals surface area contributed by atoms with Gasteiger partial charge >= 0.3 is 0 Å². The van der Waals surface area contributed by atoms with Gasteiger partial charge in [-0.05, 0) is 18.9 Å². The van der Waals surface area contributed by atoms with Gasteiger partial charge in [0.15, 0.2) is 0 Å². The van der Waals surface area contributed by atoms with Crippen molar-refractivity contribution in [3.63, 3.8) is 0 Å². The number of likely N-dealkylation sites (tertiary alicyclic amines) is 1. The lowest BCUT2D eigenvalue weighted by Gasteiger charge is -2.16. The summed E-state index contributed by atoms with van der Waals surface area (Å²) in [5, 5.41) is 0. The number of hydrogen-bond donors (Lipinski definition) is 0. The minimum Gasteiger partial charge on any atom is -0.372 e. The molecule has 0 aliphatic carbocycles. The highest BCUT2D eigenvalue weighted by Crippen LogP contribution is 2.12. The zero-order valence-corrected chi connectivity index (χ0v) is 5.77. The molecule has 0 aromatic rings. The van der Waals surface area contributed by atoms with E-state index in [1.807, 2.05) is 6.08 Å². The van der Waals surface area contributed by atoms with E-state index in [1.54, 1.807) is 0 Å². The van der Waals surface area contributed by atoms with Crippen molar-refractivity contribution in [1.29, 1.82) is 0 Å². The number of rotatable bonds is 2. The summed E-state index contributed by atoms with van der Waals surface area (Å²) in [7, 11) is 0. The Bertz CT molecular complexity index is 121. The van der Waals surface area contributed by atoms with Crippen molar-refractivity contribution in [2.24, 2.45) is 0 Å². The molecule has 0 aromatic heterocycles.